The van der Waals surface area contributed by atoms with Gasteiger partial charge in [0, 0.05) is 18.8 Å². The summed E-state index contributed by atoms with van der Waals surface area (Å²) in [7, 11) is 1.67. The number of nitrogens with one attached hydrogen (secondary N) is 1. The number of amides is 1. The number of para-hydroxylation sites is 1. The van der Waals surface area contributed by atoms with Crippen molar-refractivity contribution in [3.8, 4) is 0 Å². The molecule has 1 unspecified atom stereocenters. The zero-order valence-corrected chi connectivity index (χ0v) is 11.5. The topological polar surface area (TPSA) is 64.3 Å². The molecule has 0 saturated heterocycles. The highest BCUT2D eigenvalue weighted by Crippen LogP contribution is 2.16. The Morgan fingerprint density at radius 3 is 2.61 bits per heavy atom. The van der Waals surface area contributed by atoms with Gasteiger partial charge in [0.15, 0.2) is 0 Å². The second-order valence-corrected chi connectivity index (χ2v) is 5.13. The molecule has 4 nitrogen and oxygen atoms in total. The Morgan fingerprint density at radius 2 is 2.06 bits per heavy atom. The lowest BCUT2D eigenvalue weighted by Crippen LogP contribution is -2.39. The summed E-state index contributed by atoms with van der Waals surface area (Å²) in [5.41, 5.74) is 6.52. The zero-order valence-electron chi connectivity index (χ0n) is 11.5. The third kappa shape index (κ3) is 4.04. The number of rotatable bonds is 5. The SMILES string of the molecule is COC(C)(C)CC(C)NC(=O)c1ccccc1N. The first-order valence-electron chi connectivity index (χ1n) is 6.06. The van der Waals surface area contributed by atoms with E-state index in [0.29, 0.717) is 11.3 Å². The van der Waals surface area contributed by atoms with Crippen LogP contribution in [0.3, 0.4) is 0 Å². The van der Waals surface area contributed by atoms with E-state index in [1.54, 1.807) is 25.3 Å². The first kappa shape index (κ1) is 14.5. The fourth-order valence-corrected chi connectivity index (χ4v) is 1.88. The molecule has 0 aliphatic carbocycles. The van der Waals surface area contributed by atoms with E-state index < -0.39 is 0 Å². The van der Waals surface area contributed by atoms with Crippen LogP contribution in [0.15, 0.2) is 24.3 Å². The summed E-state index contributed by atoms with van der Waals surface area (Å²) in [6, 6.07) is 7.07. The Labute approximate surface area is 109 Å². The van der Waals surface area contributed by atoms with Crippen molar-refractivity contribution in [3.63, 3.8) is 0 Å². The average Bonchev–Trinajstić information content (AvgIpc) is 2.28. The summed E-state index contributed by atoms with van der Waals surface area (Å²) >= 11 is 0. The first-order valence-corrected chi connectivity index (χ1v) is 6.06. The molecule has 1 rings (SSSR count). The van der Waals surface area contributed by atoms with Gasteiger partial charge in [-0.1, -0.05) is 12.1 Å². The third-order valence-electron chi connectivity index (χ3n) is 2.93. The van der Waals surface area contributed by atoms with Crippen molar-refractivity contribution in [2.75, 3.05) is 12.8 Å². The van der Waals surface area contributed by atoms with Crippen LogP contribution < -0.4 is 11.1 Å². The smallest absolute Gasteiger partial charge is 0.253 e. The summed E-state index contributed by atoms with van der Waals surface area (Å²) in [5, 5.41) is 2.93. The predicted octanol–water partition coefficient (Wildman–Crippen LogP) is 2.20. The summed E-state index contributed by atoms with van der Waals surface area (Å²) in [6.45, 7) is 5.94. The summed E-state index contributed by atoms with van der Waals surface area (Å²) in [5.74, 6) is -0.146. The fourth-order valence-electron chi connectivity index (χ4n) is 1.88. The minimum atomic E-state index is -0.255. The summed E-state index contributed by atoms with van der Waals surface area (Å²) in [4.78, 5) is 12.0. The van der Waals surface area contributed by atoms with E-state index in [0.717, 1.165) is 6.42 Å². The van der Waals surface area contributed by atoms with Crippen LogP contribution in [0.1, 0.15) is 37.6 Å². The number of nitrogen functional groups attached to an aromatic ring is 1. The molecule has 0 fully saturated rings. The van der Waals surface area contributed by atoms with Gasteiger partial charge in [-0.2, -0.15) is 0 Å². The lowest BCUT2D eigenvalue weighted by molar-refractivity contribution is 0.00885. The van der Waals surface area contributed by atoms with Crippen LogP contribution in [0.25, 0.3) is 0 Å². The van der Waals surface area contributed by atoms with Gasteiger partial charge < -0.3 is 15.8 Å². The van der Waals surface area contributed by atoms with E-state index in [-0.39, 0.29) is 17.6 Å². The molecule has 1 amide bonds. The number of hydrogen-bond acceptors (Lipinski definition) is 3. The third-order valence-corrected chi connectivity index (χ3v) is 2.93. The first-order chi connectivity index (χ1) is 8.35. The Bertz CT molecular complexity index is 416. The van der Waals surface area contributed by atoms with Crippen molar-refractivity contribution in [2.24, 2.45) is 0 Å². The van der Waals surface area contributed by atoms with Crippen molar-refractivity contribution in [3.05, 3.63) is 29.8 Å². The minimum Gasteiger partial charge on any atom is -0.398 e. The fraction of sp³-hybridized carbons (Fsp3) is 0.500. The van der Waals surface area contributed by atoms with Crippen LogP contribution in [-0.2, 0) is 4.74 Å². The van der Waals surface area contributed by atoms with Crippen molar-refractivity contribution < 1.29 is 9.53 Å². The van der Waals surface area contributed by atoms with Crippen LogP contribution in [0.4, 0.5) is 5.69 Å². The summed E-state index contributed by atoms with van der Waals surface area (Å²) in [6.07, 6.45) is 0.738. The minimum absolute atomic E-state index is 0.0204. The Kier molecular flexibility index (Phi) is 4.73. The van der Waals surface area contributed by atoms with Gasteiger partial charge in [0.1, 0.15) is 0 Å². The van der Waals surface area contributed by atoms with Crippen LogP contribution in [0, 0.1) is 0 Å². The highest BCUT2D eigenvalue weighted by atomic mass is 16.5. The molecule has 0 aliphatic heterocycles. The van der Waals surface area contributed by atoms with Crippen molar-refractivity contribution in [1.29, 1.82) is 0 Å². The Hall–Kier alpha value is -1.55. The second-order valence-electron chi connectivity index (χ2n) is 5.13. The van der Waals surface area contributed by atoms with Gasteiger partial charge in [0.25, 0.3) is 5.91 Å². The summed E-state index contributed by atoms with van der Waals surface area (Å²) < 4.78 is 5.34. The molecule has 0 bridgehead atoms. The predicted molar refractivity (Wildman–Crippen MR) is 73.5 cm³/mol. The molecule has 18 heavy (non-hydrogen) atoms. The van der Waals surface area contributed by atoms with Gasteiger partial charge >= 0.3 is 0 Å². The quantitative estimate of drug-likeness (QED) is 0.787. The lowest BCUT2D eigenvalue weighted by atomic mass is 9.99. The number of methoxy groups -OCH3 is 1. The molecule has 4 heteroatoms. The van der Waals surface area contributed by atoms with Crippen LogP contribution in [0.5, 0.6) is 0 Å². The van der Waals surface area contributed by atoms with Gasteiger partial charge in [-0.05, 0) is 39.3 Å². The molecule has 0 spiro atoms. The molecule has 0 radical (unpaired) electrons. The number of carbonyl (C=O) groups excluding carboxylic acids is 1. The zero-order chi connectivity index (χ0) is 13.8. The lowest BCUT2D eigenvalue weighted by Gasteiger charge is -2.27. The van der Waals surface area contributed by atoms with Gasteiger partial charge in [-0.25, -0.2) is 0 Å². The number of anilines is 1. The number of benzene rings is 1. The molecular weight excluding hydrogens is 228 g/mol. The maximum Gasteiger partial charge on any atom is 0.253 e. The van der Waals surface area contributed by atoms with E-state index in [9.17, 15) is 4.79 Å². The van der Waals surface area contributed by atoms with E-state index >= 15 is 0 Å². The standard InChI is InChI=1S/C14H22N2O2/c1-10(9-14(2,3)18-4)16-13(17)11-7-5-6-8-12(11)15/h5-8,10H,9,15H2,1-4H3,(H,16,17). The molecular formula is C14H22N2O2. The second kappa shape index (κ2) is 5.87. The Morgan fingerprint density at radius 1 is 1.44 bits per heavy atom. The van der Waals surface area contributed by atoms with Crippen molar-refractivity contribution in [1.82, 2.24) is 5.32 Å². The molecule has 0 aliphatic rings. The highest BCUT2D eigenvalue weighted by Gasteiger charge is 2.21. The van der Waals surface area contributed by atoms with Crippen LogP contribution in [0.2, 0.25) is 0 Å². The molecule has 1 aromatic rings. The maximum atomic E-state index is 12.0. The Balaban J connectivity index is 2.63. The van der Waals surface area contributed by atoms with Gasteiger partial charge in [0.05, 0.1) is 11.2 Å². The van der Waals surface area contributed by atoms with Gasteiger partial charge in [-0.3, -0.25) is 4.79 Å². The van der Waals surface area contributed by atoms with E-state index in [2.05, 4.69) is 5.32 Å². The maximum absolute atomic E-state index is 12.0. The van der Waals surface area contributed by atoms with Crippen molar-refractivity contribution in [2.45, 2.75) is 38.8 Å². The molecule has 100 valence electrons. The number of hydrogen-bond donors (Lipinski definition) is 2. The highest BCUT2D eigenvalue weighted by molar-refractivity contribution is 5.99. The monoisotopic (exact) mass is 250 g/mol. The molecule has 0 aromatic heterocycles. The van der Waals surface area contributed by atoms with Crippen LogP contribution in [-0.4, -0.2) is 24.7 Å². The molecule has 3 N–H and O–H groups in total. The molecule has 1 atom stereocenters. The van der Waals surface area contributed by atoms with Crippen molar-refractivity contribution >= 4 is 11.6 Å². The number of nitrogens with two attached hydrogens (primary N) is 1. The average molecular weight is 250 g/mol. The molecule has 0 saturated carbocycles. The van der Waals surface area contributed by atoms with E-state index in [1.165, 1.54) is 0 Å². The van der Waals surface area contributed by atoms with E-state index in [1.807, 2.05) is 26.8 Å². The largest absolute Gasteiger partial charge is 0.398 e. The normalized spacial score (nSPS) is 13.1. The van der Waals surface area contributed by atoms with E-state index in [4.69, 9.17) is 10.5 Å². The number of carbonyl (C=O) groups is 1. The molecule has 1 aromatic carbocycles. The van der Waals surface area contributed by atoms with Crippen LogP contribution >= 0.6 is 0 Å². The molecule has 0 heterocycles. The number of ether oxygens (including phenoxy) is 1. The van der Waals surface area contributed by atoms with Gasteiger partial charge in [0.2, 0.25) is 0 Å². The van der Waals surface area contributed by atoms with Gasteiger partial charge in [-0.15, -0.1) is 0 Å².